The first-order valence-electron chi connectivity index (χ1n) is 5.37. The molecule has 0 spiro atoms. The Labute approximate surface area is 89.3 Å². The Bertz CT molecular complexity index is 329. The Hall–Kier alpha value is -1.19. The van der Waals surface area contributed by atoms with Gasteiger partial charge in [0.25, 0.3) is 0 Å². The molecule has 0 bridgehead atoms. The molecular formula is C11H16FN3. The van der Waals surface area contributed by atoms with Gasteiger partial charge in [0.05, 0.1) is 0 Å². The van der Waals surface area contributed by atoms with Crippen LogP contribution >= 0.6 is 0 Å². The van der Waals surface area contributed by atoms with Crippen molar-refractivity contribution in [2.45, 2.75) is 26.2 Å². The van der Waals surface area contributed by atoms with E-state index < -0.39 is 6.08 Å². The van der Waals surface area contributed by atoms with Crippen LogP contribution < -0.4 is 4.90 Å². The number of nitrogens with zero attached hydrogens (tertiary/aromatic N) is 3. The van der Waals surface area contributed by atoms with Crippen molar-refractivity contribution in [3.05, 3.63) is 17.8 Å². The topological polar surface area (TPSA) is 29.0 Å². The van der Waals surface area contributed by atoms with Gasteiger partial charge in [0.1, 0.15) is 5.82 Å². The fourth-order valence-electron chi connectivity index (χ4n) is 1.87. The lowest BCUT2D eigenvalue weighted by atomic mass is 9.85. The Morgan fingerprint density at radius 3 is 2.73 bits per heavy atom. The van der Waals surface area contributed by atoms with E-state index in [0.29, 0.717) is 11.5 Å². The first kappa shape index (κ1) is 10.3. The van der Waals surface area contributed by atoms with E-state index in [-0.39, 0.29) is 0 Å². The van der Waals surface area contributed by atoms with Crippen LogP contribution in [-0.4, -0.2) is 23.6 Å². The van der Waals surface area contributed by atoms with Gasteiger partial charge in [-0.2, -0.15) is 9.37 Å². The lowest BCUT2D eigenvalue weighted by molar-refractivity contribution is 0.320. The molecule has 0 N–H and O–H groups in total. The van der Waals surface area contributed by atoms with Gasteiger partial charge < -0.3 is 4.90 Å². The number of aromatic nitrogens is 2. The molecule has 1 aromatic rings. The number of hydrogen-bond donors (Lipinski definition) is 0. The zero-order chi connectivity index (χ0) is 10.8. The summed E-state index contributed by atoms with van der Waals surface area (Å²) < 4.78 is 13.0. The van der Waals surface area contributed by atoms with Crippen molar-refractivity contribution in [1.29, 1.82) is 0 Å². The molecule has 1 aliphatic carbocycles. The van der Waals surface area contributed by atoms with Gasteiger partial charge in [-0.1, -0.05) is 6.42 Å². The number of aryl methyl sites for hydroxylation is 1. The molecule has 15 heavy (non-hydrogen) atoms. The average molecular weight is 209 g/mol. The minimum absolute atomic E-state index is 0.634. The molecule has 0 radical (unpaired) electrons. The minimum Gasteiger partial charge on any atom is -0.359 e. The van der Waals surface area contributed by atoms with Gasteiger partial charge >= 0.3 is 6.08 Å². The predicted molar refractivity (Wildman–Crippen MR) is 57.3 cm³/mol. The van der Waals surface area contributed by atoms with Crippen molar-refractivity contribution < 1.29 is 4.39 Å². The Morgan fingerprint density at radius 2 is 2.20 bits per heavy atom. The molecule has 1 aliphatic rings. The summed E-state index contributed by atoms with van der Waals surface area (Å²) in [5.41, 5.74) is 0.679. The summed E-state index contributed by atoms with van der Waals surface area (Å²) in [5, 5.41) is 0. The van der Waals surface area contributed by atoms with Crippen molar-refractivity contribution in [2.75, 3.05) is 18.5 Å². The highest BCUT2D eigenvalue weighted by atomic mass is 19.1. The van der Waals surface area contributed by atoms with E-state index in [9.17, 15) is 4.39 Å². The third-order valence-corrected chi connectivity index (χ3v) is 2.96. The van der Waals surface area contributed by atoms with Crippen LogP contribution in [0.5, 0.6) is 0 Å². The molecule has 2 rings (SSSR count). The smallest absolute Gasteiger partial charge is 0.310 e. The molecule has 0 atom stereocenters. The Balaban J connectivity index is 2.06. The van der Waals surface area contributed by atoms with Crippen LogP contribution in [0, 0.1) is 18.9 Å². The lowest BCUT2D eigenvalue weighted by Gasteiger charge is -2.30. The molecule has 0 aromatic carbocycles. The highest BCUT2D eigenvalue weighted by Gasteiger charge is 2.20. The van der Waals surface area contributed by atoms with Crippen LogP contribution in [-0.2, 0) is 0 Å². The van der Waals surface area contributed by atoms with Crippen LogP contribution in [0.3, 0.4) is 0 Å². The van der Waals surface area contributed by atoms with E-state index in [1.165, 1.54) is 19.3 Å². The van der Waals surface area contributed by atoms with Gasteiger partial charge in [0.15, 0.2) is 0 Å². The van der Waals surface area contributed by atoms with Crippen molar-refractivity contribution in [1.82, 2.24) is 9.97 Å². The summed E-state index contributed by atoms with van der Waals surface area (Å²) in [7, 11) is 1.96. The van der Waals surface area contributed by atoms with Gasteiger partial charge in [0.2, 0.25) is 0 Å². The number of hydrogen-bond acceptors (Lipinski definition) is 3. The quantitative estimate of drug-likeness (QED) is 0.714. The fourth-order valence-corrected chi connectivity index (χ4v) is 1.87. The summed E-state index contributed by atoms with van der Waals surface area (Å²) >= 11 is 0. The molecule has 0 saturated heterocycles. The molecule has 1 heterocycles. The average Bonchev–Trinajstić information content (AvgIpc) is 2.09. The van der Waals surface area contributed by atoms with E-state index in [4.69, 9.17) is 0 Å². The highest BCUT2D eigenvalue weighted by Crippen LogP contribution is 2.27. The zero-order valence-electron chi connectivity index (χ0n) is 9.20. The van der Waals surface area contributed by atoms with E-state index in [0.717, 1.165) is 12.5 Å². The summed E-state index contributed by atoms with van der Waals surface area (Å²) in [6, 6.07) is 1.82. The summed E-state index contributed by atoms with van der Waals surface area (Å²) in [6.07, 6.45) is 3.27. The van der Waals surface area contributed by atoms with Crippen molar-refractivity contribution >= 4 is 5.82 Å². The molecule has 4 heteroatoms. The van der Waals surface area contributed by atoms with Crippen molar-refractivity contribution in [3.63, 3.8) is 0 Å². The van der Waals surface area contributed by atoms with E-state index in [2.05, 4.69) is 9.97 Å². The maximum Gasteiger partial charge on any atom is 0.310 e. The first-order valence-corrected chi connectivity index (χ1v) is 5.37. The number of rotatable bonds is 3. The Kier molecular flexibility index (Phi) is 2.84. The summed E-state index contributed by atoms with van der Waals surface area (Å²) in [4.78, 5) is 9.43. The maximum atomic E-state index is 13.0. The fraction of sp³-hybridized carbons (Fsp3) is 0.636. The van der Waals surface area contributed by atoms with Crippen LogP contribution in [0.2, 0.25) is 0 Å². The Morgan fingerprint density at radius 1 is 1.47 bits per heavy atom. The van der Waals surface area contributed by atoms with Gasteiger partial charge in [-0.3, -0.25) is 0 Å². The number of anilines is 1. The van der Waals surface area contributed by atoms with Crippen LogP contribution in [0.15, 0.2) is 6.07 Å². The largest absolute Gasteiger partial charge is 0.359 e. The minimum atomic E-state index is -0.634. The zero-order valence-corrected chi connectivity index (χ0v) is 9.20. The number of halogens is 1. The first-order chi connectivity index (χ1) is 7.15. The normalized spacial score (nSPS) is 16.2. The molecule has 1 fully saturated rings. The third-order valence-electron chi connectivity index (χ3n) is 2.96. The van der Waals surface area contributed by atoms with Crippen molar-refractivity contribution in [3.8, 4) is 0 Å². The summed E-state index contributed by atoms with van der Waals surface area (Å²) in [6.45, 7) is 2.75. The van der Waals surface area contributed by atoms with Gasteiger partial charge in [-0.05, 0) is 25.7 Å². The molecule has 0 aliphatic heterocycles. The second kappa shape index (κ2) is 4.13. The summed E-state index contributed by atoms with van der Waals surface area (Å²) in [5.74, 6) is 1.44. The lowest BCUT2D eigenvalue weighted by Crippen LogP contribution is -2.30. The second-order valence-electron chi connectivity index (χ2n) is 4.31. The molecule has 0 amide bonds. The molecule has 1 aromatic heterocycles. The predicted octanol–water partition coefficient (Wildman–Crippen LogP) is 2.16. The highest BCUT2D eigenvalue weighted by molar-refractivity contribution is 5.37. The van der Waals surface area contributed by atoms with E-state index in [1.807, 2.05) is 18.0 Å². The maximum absolute atomic E-state index is 13.0. The standard InChI is InChI=1S/C11H16FN3/c1-8-6-10(14-11(12)13-8)15(2)7-9-4-3-5-9/h6,9H,3-5,7H2,1-2H3. The second-order valence-corrected chi connectivity index (χ2v) is 4.31. The van der Waals surface area contributed by atoms with E-state index in [1.54, 1.807) is 6.92 Å². The molecular weight excluding hydrogens is 193 g/mol. The molecule has 82 valence electrons. The van der Waals surface area contributed by atoms with Gasteiger partial charge in [-0.25, -0.2) is 4.98 Å². The van der Waals surface area contributed by atoms with Crippen LogP contribution in [0.4, 0.5) is 10.2 Å². The SMILES string of the molecule is Cc1cc(N(C)CC2CCC2)nc(F)n1. The monoisotopic (exact) mass is 209 g/mol. The van der Waals surface area contributed by atoms with Gasteiger partial charge in [-0.15, -0.1) is 0 Å². The van der Waals surface area contributed by atoms with Crippen LogP contribution in [0.1, 0.15) is 25.0 Å². The molecule has 3 nitrogen and oxygen atoms in total. The third kappa shape index (κ3) is 2.43. The molecule has 1 saturated carbocycles. The van der Waals surface area contributed by atoms with Gasteiger partial charge in [0, 0.05) is 25.4 Å². The van der Waals surface area contributed by atoms with Crippen LogP contribution in [0.25, 0.3) is 0 Å². The van der Waals surface area contributed by atoms with E-state index >= 15 is 0 Å². The van der Waals surface area contributed by atoms with Crippen molar-refractivity contribution in [2.24, 2.45) is 5.92 Å². The molecule has 0 unspecified atom stereocenters.